The van der Waals surface area contributed by atoms with Crippen LogP contribution in [0.5, 0.6) is 0 Å². The zero-order valence-corrected chi connectivity index (χ0v) is 25.6. The van der Waals surface area contributed by atoms with Crippen molar-refractivity contribution in [2.45, 2.75) is 168 Å². The molecule has 0 aromatic carbocycles. The van der Waals surface area contributed by atoms with E-state index < -0.39 is 6.10 Å². The fraction of sp³-hybridized carbons (Fsp3) is 0.824. The predicted molar refractivity (Wildman–Crippen MR) is 164 cm³/mol. The van der Waals surface area contributed by atoms with Gasteiger partial charge in [0.15, 0.2) is 6.10 Å². The minimum absolute atomic E-state index is 0.0685. The molecule has 5 heteroatoms. The summed E-state index contributed by atoms with van der Waals surface area (Å²) in [5, 5.41) is 9.48. The molecule has 0 aliphatic carbocycles. The van der Waals surface area contributed by atoms with Gasteiger partial charge in [0.1, 0.15) is 6.61 Å². The first-order valence-electron chi connectivity index (χ1n) is 16.4. The highest BCUT2D eigenvalue weighted by Crippen LogP contribution is 2.12. The van der Waals surface area contributed by atoms with Crippen LogP contribution < -0.4 is 0 Å². The van der Waals surface area contributed by atoms with E-state index in [2.05, 4.69) is 38.2 Å². The minimum Gasteiger partial charge on any atom is -0.462 e. The number of carbonyl (C=O) groups is 2. The minimum atomic E-state index is -0.771. The largest absolute Gasteiger partial charge is 0.462 e. The van der Waals surface area contributed by atoms with Crippen LogP contribution in [0.15, 0.2) is 24.3 Å². The van der Waals surface area contributed by atoms with Crippen LogP contribution in [-0.4, -0.2) is 36.4 Å². The summed E-state index contributed by atoms with van der Waals surface area (Å²) in [5.74, 6) is -0.608. The van der Waals surface area contributed by atoms with E-state index in [0.717, 1.165) is 51.4 Å². The van der Waals surface area contributed by atoms with E-state index in [1.54, 1.807) is 0 Å². The SMILES string of the molecule is CCCCC/C=C\C/C=C\CCCCCCCC(=O)OC(CO)COC(=O)CCCCCCCCCCCC. The summed E-state index contributed by atoms with van der Waals surface area (Å²) in [6, 6.07) is 0. The Morgan fingerprint density at radius 1 is 0.590 bits per heavy atom. The average Bonchev–Trinajstić information content (AvgIpc) is 2.94. The third-order valence-corrected chi connectivity index (χ3v) is 7.00. The Morgan fingerprint density at radius 3 is 1.56 bits per heavy atom. The molecule has 0 heterocycles. The first-order valence-corrected chi connectivity index (χ1v) is 16.4. The summed E-state index contributed by atoms with van der Waals surface area (Å²) >= 11 is 0. The third kappa shape index (κ3) is 29.2. The Hall–Kier alpha value is -1.62. The van der Waals surface area contributed by atoms with Crippen LogP contribution in [0.25, 0.3) is 0 Å². The lowest BCUT2D eigenvalue weighted by molar-refractivity contribution is -0.161. The number of ether oxygens (including phenoxy) is 2. The molecule has 0 saturated heterocycles. The Kier molecular flexibility index (Phi) is 29.6. The van der Waals surface area contributed by atoms with E-state index >= 15 is 0 Å². The lowest BCUT2D eigenvalue weighted by atomic mass is 10.1. The lowest BCUT2D eigenvalue weighted by Crippen LogP contribution is -2.28. The zero-order valence-electron chi connectivity index (χ0n) is 25.6. The first kappa shape index (κ1) is 37.4. The molecule has 0 amide bonds. The zero-order chi connectivity index (χ0) is 28.7. The Labute approximate surface area is 241 Å². The fourth-order valence-corrected chi connectivity index (χ4v) is 4.46. The lowest BCUT2D eigenvalue weighted by Gasteiger charge is -2.15. The molecule has 0 aromatic rings. The van der Waals surface area contributed by atoms with Gasteiger partial charge in [-0.05, 0) is 44.9 Å². The number of hydrogen-bond acceptors (Lipinski definition) is 5. The van der Waals surface area contributed by atoms with Gasteiger partial charge in [-0.3, -0.25) is 9.59 Å². The average molecular weight is 551 g/mol. The molecule has 5 nitrogen and oxygen atoms in total. The molecule has 1 atom stereocenters. The van der Waals surface area contributed by atoms with Gasteiger partial charge in [-0.25, -0.2) is 0 Å². The van der Waals surface area contributed by atoms with Gasteiger partial charge in [-0.15, -0.1) is 0 Å². The van der Waals surface area contributed by atoms with Crippen LogP contribution in [0.4, 0.5) is 0 Å². The van der Waals surface area contributed by atoms with E-state index in [1.165, 1.54) is 83.5 Å². The van der Waals surface area contributed by atoms with Gasteiger partial charge in [0.25, 0.3) is 0 Å². The summed E-state index contributed by atoms with van der Waals surface area (Å²) in [5.41, 5.74) is 0. The van der Waals surface area contributed by atoms with Crippen molar-refractivity contribution < 1.29 is 24.2 Å². The van der Waals surface area contributed by atoms with E-state index in [1.807, 2.05) is 0 Å². The van der Waals surface area contributed by atoms with E-state index in [0.29, 0.717) is 12.8 Å². The standard InChI is InChI=1S/C34H62O5/c1-3-5-7-9-11-13-15-16-17-18-19-21-23-25-27-29-34(37)39-32(30-35)31-38-33(36)28-26-24-22-20-14-12-10-8-6-4-2/h11,13,16-17,32,35H,3-10,12,14-15,18-31H2,1-2H3/b13-11-,17-16-. The summed E-state index contributed by atoms with van der Waals surface area (Å²) < 4.78 is 10.5. The maximum Gasteiger partial charge on any atom is 0.306 e. The van der Waals surface area contributed by atoms with Crippen molar-refractivity contribution in [2.24, 2.45) is 0 Å². The molecule has 0 aliphatic rings. The second-order valence-corrected chi connectivity index (χ2v) is 10.9. The number of aliphatic hydroxyl groups excluding tert-OH is 1. The molecule has 0 aliphatic heterocycles. The number of hydrogen-bond donors (Lipinski definition) is 1. The van der Waals surface area contributed by atoms with Crippen LogP contribution >= 0.6 is 0 Å². The van der Waals surface area contributed by atoms with Crippen LogP contribution in [0, 0.1) is 0 Å². The number of esters is 2. The molecule has 228 valence electrons. The van der Waals surface area contributed by atoms with Gasteiger partial charge in [0, 0.05) is 12.8 Å². The van der Waals surface area contributed by atoms with Gasteiger partial charge in [-0.2, -0.15) is 0 Å². The van der Waals surface area contributed by atoms with Gasteiger partial charge in [-0.1, -0.05) is 128 Å². The summed E-state index contributed by atoms with van der Waals surface area (Å²) in [6.45, 7) is 4.07. The van der Waals surface area contributed by atoms with Gasteiger partial charge >= 0.3 is 11.9 Å². The third-order valence-electron chi connectivity index (χ3n) is 7.00. The quantitative estimate of drug-likeness (QED) is 0.0570. The first-order chi connectivity index (χ1) is 19.1. The molecule has 0 spiro atoms. The smallest absolute Gasteiger partial charge is 0.306 e. The highest BCUT2D eigenvalue weighted by Gasteiger charge is 2.16. The Morgan fingerprint density at radius 2 is 1.03 bits per heavy atom. The molecular weight excluding hydrogens is 488 g/mol. The number of unbranched alkanes of at least 4 members (excludes halogenated alkanes) is 17. The molecule has 0 rings (SSSR count). The Bertz CT molecular complexity index is 598. The maximum absolute atomic E-state index is 12.1. The van der Waals surface area contributed by atoms with Gasteiger partial charge in [0.05, 0.1) is 6.61 Å². The van der Waals surface area contributed by atoms with Crippen molar-refractivity contribution in [3.05, 3.63) is 24.3 Å². The second-order valence-electron chi connectivity index (χ2n) is 10.9. The van der Waals surface area contributed by atoms with E-state index in [4.69, 9.17) is 9.47 Å². The van der Waals surface area contributed by atoms with Crippen molar-refractivity contribution in [1.29, 1.82) is 0 Å². The monoisotopic (exact) mass is 550 g/mol. The molecule has 1 unspecified atom stereocenters. The number of aliphatic hydroxyl groups is 1. The molecule has 0 bridgehead atoms. The maximum atomic E-state index is 12.1. The summed E-state index contributed by atoms with van der Waals surface area (Å²) in [4.78, 5) is 24.0. The molecule has 1 N–H and O–H groups in total. The van der Waals surface area contributed by atoms with Gasteiger partial charge < -0.3 is 14.6 Å². The molecular formula is C34H62O5. The highest BCUT2D eigenvalue weighted by molar-refractivity contribution is 5.70. The molecule has 0 saturated carbocycles. The predicted octanol–water partition coefficient (Wildman–Crippen LogP) is 9.56. The molecule has 0 radical (unpaired) electrons. The topological polar surface area (TPSA) is 72.8 Å². The van der Waals surface area contributed by atoms with Crippen LogP contribution in [0.2, 0.25) is 0 Å². The summed E-state index contributed by atoms with van der Waals surface area (Å²) in [6.07, 6.45) is 33.7. The van der Waals surface area contributed by atoms with E-state index in [9.17, 15) is 14.7 Å². The normalized spacial score (nSPS) is 12.4. The highest BCUT2D eigenvalue weighted by atomic mass is 16.6. The second kappa shape index (κ2) is 30.9. The molecule has 0 aromatic heterocycles. The number of allylic oxidation sites excluding steroid dienone is 4. The summed E-state index contributed by atoms with van der Waals surface area (Å²) in [7, 11) is 0. The number of rotatable bonds is 29. The van der Waals surface area contributed by atoms with Crippen LogP contribution in [-0.2, 0) is 19.1 Å². The van der Waals surface area contributed by atoms with Crippen molar-refractivity contribution in [2.75, 3.05) is 13.2 Å². The van der Waals surface area contributed by atoms with E-state index in [-0.39, 0.29) is 25.2 Å². The van der Waals surface area contributed by atoms with Gasteiger partial charge in [0.2, 0.25) is 0 Å². The van der Waals surface area contributed by atoms with Crippen molar-refractivity contribution in [1.82, 2.24) is 0 Å². The fourth-order valence-electron chi connectivity index (χ4n) is 4.46. The van der Waals surface area contributed by atoms with Crippen molar-refractivity contribution in [3.63, 3.8) is 0 Å². The molecule has 39 heavy (non-hydrogen) atoms. The van der Waals surface area contributed by atoms with Crippen molar-refractivity contribution in [3.8, 4) is 0 Å². The molecule has 0 fully saturated rings. The van der Waals surface area contributed by atoms with Crippen LogP contribution in [0.1, 0.15) is 162 Å². The Balaban J connectivity index is 3.61. The van der Waals surface area contributed by atoms with Crippen molar-refractivity contribution >= 4 is 11.9 Å². The number of carbonyl (C=O) groups excluding carboxylic acids is 2. The van der Waals surface area contributed by atoms with Crippen LogP contribution in [0.3, 0.4) is 0 Å².